The first-order valence-corrected chi connectivity index (χ1v) is 19.5. The topological polar surface area (TPSA) is 57.4 Å². The molecule has 0 N–H and O–H groups in total. The Balaban J connectivity index is 1.39. The number of nitriles is 2. The van der Waals surface area contributed by atoms with Gasteiger partial charge in [-0.3, -0.25) is 0 Å². The van der Waals surface area contributed by atoms with Crippen LogP contribution >= 0.6 is 0 Å². The number of halogens is 3. The Labute approximate surface area is 343 Å². The number of hydrogen-bond donors (Lipinski definition) is 0. The molecule has 0 aliphatic carbocycles. The van der Waals surface area contributed by atoms with Crippen LogP contribution in [0.3, 0.4) is 0 Å². The van der Waals surface area contributed by atoms with Crippen LogP contribution in [-0.4, -0.2) is 9.13 Å². The van der Waals surface area contributed by atoms with Gasteiger partial charge in [0.25, 0.3) is 0 Å². The van der Waals surface area contributed by atoms with Gasteiger partial charge in [0, 0.05) is 27.1 Å². The zero-order valence-electron chi connectivity index (χ0n) is 32.5. The van der Waals surface area contributed by atoms with Crippen LogP contribution < -0.4 is 0 Å². The minimum absolute atomic E-state index is 0.125. The molecule has 10 rings (SSSR count). The number of fused-ring (bicyclic) bond motifs is 6. The van der Waals surface area contributed by atoms with Crippen LogP contribution in [0.5, 0.6) is 0 Å². The molecule has 0 spiro atoms. The van der Waals surface area contributed by atoms with E-state index in [0.29, 0.717) is 11.4 Å². The smallest absolute Gasteiger partial charge is 0.308 e. The molecule has 7 heteroatoms. The first kappa shape index (κ1) is 36.5. The summed E-state index contributed by atoms with van der Waals surface area (Å²) in [6, 6.07) is 56.0. The van der Waals surface area contributed by atoms with Crippen molar-refractivity contribution >= 4 is 43.6 Å². The van der Waals surface area contributed by atoms with Crippen molar-refractivity contribution in [1.82, 2.24) is 9.13 Å². The summed E-state index contributed by atoms with van der Waals surface area (Å²) in [5, 5.41) is 25.5. The molecule has 0 unspecified atom stereocenters. The summed E-state index contributed by atoms with van der Waals surface area (Å²) in [6.45, 7) is 4.11. The van der Waals surface area contributed by atoms with E-state index in [2.05, 4.69) is 80.6 Å². The molecule has 0 bridgehead atoms. The summed E-state index contributed by atoms with van der Waals surface area (Å²) >= 11 is 0. The van der Waals surface area contributed by atoms with Crippen LogP contribution in [0.25, 0.3) is 88.4 Å². The zero-order valence-corrected chi connectivity index (χ0v) is 32.5. The molecule has 0 radical (unpaired) electrons. The van der Waals surface area contributed by atoms with Gasteiger partial charge in [-0.2, -0.15) is 23.7 Å². The average molecular weight is 783 g/mol. The third-order valence-corrected chi connectivity index (χ3v) is 11.7. The molecule has 10 aromatic rings. The lowest BCUT2D eigenvalue weighted by molar-refractivity contribution is -0.137. The number of rotatable bonds is 5. The van der Waals surface area contributed by atoms with Crippen molar-refractivity contribution < 1.29 is 13.2 Å². The Morgan fingerprint density at radius 1 is 0.450 bits per heavy atom. The minimum atomic E-state index is -4.78. The first-order valence-electron chi connectivity index (χ1n) is 19.5. The van der Waals surface area contributed by atoms with Gasteiger partial charge in [-0.15, -0.1) is 0 Å². The van der Waals surface area contributed by atoms with Crippen LogP contribution in [0.1, 0.15) is 27.8 Å². The third-order valence-electron chi connectivity index (χ3n) is 11.7. The van der Waals surface area contributed by atoms with Crippen LogP contribution in [0, 0.1) is 36.5 Å². The highest BCUT2D eigenvalue weighted by molar-refractivity contribution is 6.12. The molecule has 286 valence electrons. The summed E-state index contributed by atoms with van der Waals surface area (Å²) in [4.78, 5) is 0. The van der Waals surface area contributed by atoms with E-state index in [1.165, 1.54) is 12.1 Å². The molecule has 0 atom stereocenters. The predicted octanol–water partition coefficient (Wildman–Crippen LogP) is 14.3. The van der Waals surface area contributed by atoms with Gasteiger partial charge < -0.3 is 9.13 Å². The van der Waals surface area contributed by atoms with E-state index in [1.54, 1.807) is 12.1 Å². The third kappa shape index (κ3) is 5.67. The largest absolute Gasteiger partial charge is 0.417 e. The van der Waals surface area contributed by atoms with Gasteiger partial charge in [0.1, 0.15) is 11.6 Å². The minimum Gasteiger partial charge on any atom is -0.308 e. The first-order chi connectivity index (χ1) is 29.2. The van der Waals surface area contributed by atoms with E-state index in [4.69, 9.17) is 0 Å². The summed E-state index contributed by atoms with van der Waals surface area (Å²) in [6.07, 6.45) is -4.78. The second-order valence-electron chi connectivity index (χ2n) is 15.1. The van der Waals surface area contributed by atoms with Gasteiger partial charge in [0.15, 0.2) is 0 Å². The van der Waals surface area contributed by atoms with E-state index in [1.807, 2.05) is 88.0 Å². The Bertz CT molecular complexity index is 3300. The second kappa shape index (κ2) is 13.9. The van der Waals surface area contributed by atoms with Crippen molar-refractivity contribution in [1.29, 1.82) is 10.5 Å². The quantitative estimate of drug-likeness (QED) is 0.175. The molecular formula is C53H33F3N4. The summed E-state index contributed by atoms with van der Waals surface area (Å²) in [7, 11) is 0. The van der Waals surface area contributed by atoms with Crippen molar-refractivity contribution in [3.8, 4) is 56.9 Å². The summed E-state index contributed by atoms with van der Waals surface area (Å²) in [5.41, 5.74) is 9.19. The van der Waals surface area contributed by atoms with Crippen molar-refractivity contribution in [2.24, 2.45) is 0 Å². The highest BCUT2D eigenvalue weighted by atomic mass is 19.4. The Hall–Kier alpha value is -7.87. The normalized spacial score (nSPS) is 11.7. The van der Waals surface area contributed by atoms with E-state index < -0.39 is 11.7 Å². The molecule has 0 fully saturated rings. The molecule has 0 aliphatic rings. The van der Waals surface area contributed by atoms with Crippen LogP contribution in [0.15, 0.2) is 164 Å². The van der Waals surface area contributed by atoms with E-state index in [9.17, 15) is 10.5 Å². The monoisotopic (exact) mass is 782 g/mol. The average Bonchev–Trinajstić information content (AvgIpc) is 3.77. The molecule has 8 aromatic carbocycles. The molecule has 0 amide bonds. The van der Waals surface area contributed by atoms with E-state index in [-0.39, 0.29) is 22.3 Å². The maximum Gasteiger partial charge on any atom is 0.417 e. The molecule has 0 aliphatic heterocycles. The summed E-state index contributed by atoms with van der Waals surface area (Å²) in [5.74, 6) is 0. The highest BCUT2D eigenvalue weighted by Gasteiger charge is 2.35. The second-order valence-corrected chi connectivity index (χ2v) is 15.1. The zero-order chi connectivity index (χ0) is 41.3. The maximum absolute atomic E-state index is 15.1. The SMILES string of the molecule is Cc1ccccc1-c1ccc2c3ccccc3n(-c3cc(-c4c(C#N)cccc4C(F)(F)F)cc(-n4c5ccccc5c5ccc(-c6ccccc6C)cc54)c3C#N)c2c1. The molecule has 4 nitrogen and oxygen atoms in total. The standard InChI is InChI=1S/C53H33F3N4/c1-32-12-3-5-15-38(32)34-22-24-42-40-17-7-9-20-46(40)59(48(42)26-34)50-28-37(52-36(30-57)14-11-19-45(52)53(54,55)56)29-51(44(50)31-58)60-47-21-10-8-18-41(47)43-25-23-35(27-49(43)60)39-16-6-4-13-33(39)2/h3-29H,1-2H3. The van der Waals surface area contributed by atoms with Gasteiger partial charge >= 0.3 is 6.18 Å². The molecule has 60 heavy (non-hydrogen) atoms. The maximum atomic E-state index is 15.1. The number of nitrogens with zero attached hydrogens (tertiary/aromatic N) is 4. The number of hydrogen-bond acceptors (Lipinski definition) is 2. The lowest BCUT2D eigenvalue weighted by Crippen LogP contribution is -2.10. The number of para-hydroxylation sites is 2. The van der Waals surface area contributed by atoms with Crippen LogP contribution in [0.4, 0.5) is 13.2 Å². The molecular weight excluding hydrogens is 750 g/mol. The van der Waals surface area contributed by atoms with E-state index >= 15 is 13.2 Å². The molecule has 2 aromatic heterocycles. The molecule has 2 heterocycles. The van der Waals surface area contributed by atoms with Crippen molar-refractivity contribution in [3.05, 3.63) is 192 Å². The lowest BCUT2D eigenvalue weighted by atomic mass is 9.92. The fourth-order valence-corrected chi connectivity index (χ4v) is 9.00. The van der Waals surface area contributed by atoms with Gasteiger partial charge in [0.05, 0.1) is 50.6 Å². The van der Waals surface area contributed by atoms with Crippen LogP contribution in [0.2, 0.25) is 0 Å². The van der Waals surface area contributed by atoms with Gasteiger partial charge in [0.2, 0.25) is 0 Å². The molecule has 0 saturated heterocycles. The van der Waals surface area contributed by atoms with Crippen molar-refractivity contribution in [2.75, 3.05) is 0 Å². The lowest BCUT2D eigenvalue weighted by Gasteiger charge is -2.21. The van der Waals surface area contributed by atoms with Crippen molar-refractivity contribution in [3.63, 3.8) is 0 Å². The van der Waals surface area contributed by atoms with Gasteiger partial charge in [-0.1, -0.05) is 115 Å². The Morgan fingerprint density at radius 3 is 1.38 bits per heavy atom. The van der Waals surface area contributed by atoms with Gasteiger partial charge in [-0.05, 0) is 101 Å². The van der Waals surface area contributed by atoms with Gasteiger partial charge in [-0.25, -0.2) is 0 Å². The number of aryl methyl sites for hydroxylation is 2. The highest BCUT2D eigenvalue weighted by Crippen LogP contribution is 2.45. The van der Waals surface area contributed by atoms with Crippen molar-refractivity contribution in [2.45, 2.75) is 20.0 Å². The van der Waals surface area contributed by atoms with Crippen LogP contribution in [-0.2, 0) is 6.18 Å². The summed E-state index contributed by atoms with van der Waals surface area (Å²) < 4.78 is 49.2. The number of aromatic nitrogens is 2. The Morgan fingerprint density at radius 2 is 0.917 bits per heavy atom. The number of benzene rings is 8. The predicted molar refractivity (Wildman–Crippen MR) is 235 cm³/mol. The fourth-order valence-electron chi connectivity index (χ4n) is 9.00. The number of alkyl halides is 3. The Kier molecular flexibility index (Phi) is 8.45. The van der Waals surface area contributed by atoms with E-state index in [0.717, 1.165) is 83.1 Å². The molecule has 0 saturated carbocycles. The fraction of sp³-hybridized carbons (Fsp3) is 0.0566.